The molecule has 4 N–H and O–H groups in total. The Labute approximate surface area is 108 Å². The molecule has 3 aromatic rings. The average molecular weight is 260 g/mol. The van der Waals surface area contributed by atoms with E-state index in [-0.39, 0.29) is 5.75 Å². The minimum absolute atomic E-state index is 0.131. The highest BCUT2D eigenvalue weighted by Gasteiger charge is 2.10. The molecule has 2 aromatic carbocycles. The standard InChI is InChI=1S/C13H10ClN3O/c14-7-1-4-12(18)9(5-7)13-16-10-3-2-8(15)6-11(10)17-13/h1-6,18H,15H2,(H,16,17). The van der Waals surface area contributed by atoms with Crippen LogP contribution in [-0.4, -0.2) is 15.1 Å². The summed E-state index contributed by atoms with van der Waals surface area (Å²) < 4.78 is 0. The molecule has 1 aromatic heterocycles. The maximum atomic E-state index is 9.82. The number of aromatic nitrogens is 2. The van der Waals surface area contributed by atoms with Crippen LogP contribution in [0.2, 0.25) is 5.02 Å². The number of anilines is 1. The third-order valence-electron chi connectivity index (χ3n) is 2.72. The van der Waals surface area contributed by atoms with Gasteiger partial charge in [0.15, 0.2) is 0 Å². The predicted molar refractivity (Wildman–Crippen MR) is 72.6 cm³/mol. The van der Waals surface area contributed by atoms with Crippen molar-refractivity contribution in [2.45, 2.75) is 0 Å². The number of hydrogen-bond acceptors (Lipinski definition) is 3. The number of phenols is 1. The van der Waals surface area contributed by atoms with E-state index in [0.29, 0.717) is 22.1 Å². The second-order valence-corrected chi connectivity index (χ2v) is 4.46. The number of nitrogen functional groups attached to an aromatic ring is 1. The Balaban J connectivity index is 2.22. The number of nitrogens with zero attached hydrogens (tertiary/aromatic N) is 1. The molecule has 0 fully saturated rings. The van der Waals surface area contributed by atoms with Gasteiger partial charge < -0.3 is 15.8 Å². The fourth-order valence-electron chi connectivity index (χ4n) is 1.85. The molecule has 0 saturated heterocycles. The largest absolute Gasteiger partial charge is 0.507 e. The summed E-state index contributed by atoms with van der Waals surface area (Å²) in [5.41, 5.74) is 8.55. The third-order valence-corrected chi connectivity index (χ3v) is 2.95. The van der Waals surface area contributed by atoms with Crippen molar-refractivity contribution in [3.63, 3.8) is 0 Å². The van der Waals surface area contributed by atoms with Gasteiger partial charge in [0.25, 0.3) is 0 Å². The van der Waals surface area contributed by atoms with Crippen molar-refractivity contribution < 1.29 is 5.11 Å². The van der Waals surface area contributed by atoms with Crippen molar-refractivity contribution in [3.05, 3.63) is 41.4 Å². The lowest BCUT2D eigenvalue weighted by atomic mass is 10.2. The molecular weight excluding hydrogens is 250 g/mol. The minimum Gasteiger partial charge on any atom is -0.507 e. The van der Waals surface area contributed by atoms with Crippen LogP contribution in [0, 0.1) is 0 Å². The van der Waals surface area contributed by atoms with E-state index in [4.69, 9.17) is 17.3 Å². The van der Waals surface area contributed by atoms with Gasteiger partial charge in [0.2, 0.25) is 0 Å². The van der Waals surface area contributed by atoms with Crippen molar-refractivity contribution in [3.8, 4) is 17.1 Å². The Morgan fingerprint density at radius 3 is 2.83 bits per heavy atom. The Hall–Kier alpha value is -2.20. The normalized spacial score (nSPS) is 10.9. The highest BCUT2D eigenvalue weighted by Crippen LogP contribution is 2.31. The zero-order chi connectivity index (χ0) is 12.7. The number of nitrogens with two attached hydrogens (primary N) is 1. The number of hydrogen-bond donors (Lipinski definition) is 3. The molecule has 90 valence electrons. The summed E-state index contributed by atoms with van der Waals surface area (Å²) in [6.07, 6.45) is 0. The van der Waals surface area contributed by atoms with E-state index < -0.39 is 0 Å². The SMILES string of the molecule is Nc1ccc2nc(-c3cc(Cl)ccc3O)[nH]c2c1. The van der Waals surface area contributed by atoms with Crippen LogP contribution in [-0.2, 0) is 0 Å². The summed E-state index contributed by atoms with van der Waals surface area (Å²) in [6, 6.07) is 10.2. The molecule has 0 aliphatic rings. The van der Waals surface area contributed by atoms with Crippen LogP contribution in [0.15, 0.2) is 36.4 Å². The van der Waals surface area contributed by atoms with E-state index in [2.05, 4.69) is 9.97 Å². The number of nitrogens with one attached hydrogen (secondary N) is 1. The van der Waals surface area contributed by atoms with Gasteiger partial charge in [-0.1, -0.05) is 11.6 Å². The second-order valence-electron chi connectivity index (χ2n) is 4.02. The van der Waals surface area contributed by atoms with Gasteiger partial charge in [-0.05, 0) is 36.4 Å². The Morgan fingerprint density at radius 2 is 2.00 bits per heavy atom. The molecule has 0 aliphatic carbocycles. The smallest absolute Gasteiger partial charge is 0.142 e. The quantitative estimate of drug-likeness (QED) is 0.588. The van der Waals surface area contributed by atoms with Gasteiger partial charge in [-0.3, -0.25) is 0 Å². The summed E-state index contributed by atoms with van der Waals surface area (Å²) in [7, 11) is 0. The second kappa shape index (κ2) is 3.92. The summed E-state index contributed by atoms with van der Waals surface area (Å²) >= 11 is 5.92. The summed E-state index contributed by atoms with van der Waals surface area (Å²) in [4.78, 5) is 7.51. The Morgan fingerprint density at radius 1 is 1.17 bits per heavy atom. The molecule has 0 radical (unpaired) electrons. The van der Waals surface area contributed by atoms with Crippen molar-refractivity contribution in [2.24, 2.45) is 0 Å². The lowest BCUT2D eigenvalue weighted by molar-refractivity contribution is 0.477. The van der Waals surface area contributed by atoms with Crippen LogP contribution in [0.5, 0.6) is 5.75 Å². The fraction of sp³-hybridized carbons (Fsp3) is 0. The van der Waals surface area contributed by atoms with Crippen molar-refractivity contribution in [1.82, 2.24) is 9.97 Å². The first-order valence-corrected chi connectivity index (χ1v) is 5.75. The molecule has 5 heteroatoms. The lowest BCUT2D eigenvalue weighted by Gasteiger charge is -2.00. The summed E-state index contributed by atoms with van der Waals surface area (Å²) in [5.74, 6) is 0.696. The first kappa shape index (κ1) is 10.9. The van der Waals surface area contributed by atoms with Gasteiger partial charge in [0, 0.05) is 10.7 Å². The number of aromatic hydroxyl groups is 1. The molecule has 0 aliphatic heterocycles. The molecule has 0 spiro atoms. The van der Waals surface area contributed by atoms with E-state index in [1.807, 2.05) is 6.07 Å². The zero-order valence-electron chi connectivity index (χ0n) is 9.31. The maximum absolute atomic E-state index is 9.82. The number of imidazole rings is 1. The Kier molecular flexibility index (Phi) is 2.38. The van der Waals surface area contributed by atoms with E-state index in [1.54, 1.807) is 30.3 Å². The molecule has 4 nitrogen and oxygen atoms in total. The average Bonchev–Trinajstić information content (AvgIpc) is 2.74. The maximum Gasteiger partial charge on any atom is 0.142 e. The first-order chi connectivity index (χ1) is 8.63. The van der Waals surface area contributed by atoms with Crippen LogP contribution in [0.25, 0.3) is 22.4 Å². The molecule has 1 heterocycles. The van der Waals surface area contributed by atoms with Gasteiger partial charge in [0.1, 0.15) is 11.6 Å². The fourth-order valence-corrected chi connectivity index (χ4v) is 2.02. The number of H-pyrrole nitrogens is 1. The molecule has 0 amide bonds. The predicted octanol–water partition coefficient (Wildman–Crippen LogP) is 3.17. The molecule has 0 bridgehead atoms. The number of rotatable bonds is 1. The van der Waals surface area contributed by atoms with E-state index in [1.165, 1.54) is 0 Å². The number of aromatic amines is 1. The van der Waals surface area contributed by atoms with Crippen LogP contribution in [0.4, 0.5) is 5.69 Å². The number of benzene rings is 2. The van der Waals surface area contributed by atoms with Gasteiger partial charge in [-0.2, -0.15) is 0 Å². The highest BCUT2D eigenvalue weighted by atomic mass is 35.5. The number of halogens is 1. The van der Waals surface area contributed by atoms with Crippen molar-refractivity contribution in [1.29, 1.82) is 0 Å². The lowest BCUT2D eigenvalue weighted by Crippen LogP contribution is -1.82. The van der Waals surface area contributed by atoms with Gasteiger partial charge in [0.05, 0.1) is 16.6 Å². The summed E-state index contributed by atoms with van der Waals surface area (Å²) in [5, 5.41) is 10.4. The van der Waals surface area contributed by atoms with Crippen LogP contribution >= 0.6 is 11.6 Å². The third kappa shape index (κ3) is 1.76. The molecule has 0 saturated carbocycles. The van der Waals surface area contributed by atoms with Gasteiger partial charge >= 0.3 is 0 Å². The molecule has 0 unspecified atom stereocenters. The van der Waals surface area contributed by atoms with Crippen LogP contribution in [0.3, 0.4) is 0 Å². The minimum atomic E-state index is 0.131. The number of phenolic OH excluding ortho intramolecular Hbond substituents is 1. The van der Waals surface area contributed by atoms with Crippen molar-refractivity contribution >= 4 is 28.3 Å². The van der Waals surface area contributed by atoms with Crippen molar-refractivity contribution in [2.75, 3.05) is 5.73 Å². The number of fused-ring (bicyclic) bond motifs is 1. The van der Waals surface area contributed by atoms with Gasteiger partial charge in [-0.15, -0.1) is 0 Å². The summed E-state index contributed by atoms with van der Waals surface area (Å²) in [6.45, 7) is 0. The monoisotopic (exact) mass is 259 g/mol. The van der Waals surface area contributed by atoms with Crippen LogP contribution in [0.1, 0.15) is 0 Å². The van der Waals surface area contributed by atoms with E-state index in [9.17, 15) is 5.11 Å². The topological polar surface area (TPSA) is 74.9 Å². The molecular formula is C13H10ClN3O. The zero-order valence-corrected chi connectivity index (χ0v) is 10.1. The molecule has 18 heavy (non-hydrogen) atoms. The highest BCUT2D eigenvalue weighted by molar-refractivity contribution is 6.30. The first-order valence-electron chi connectivity index (χ1n) is 5.37. The van der Waals surface area contributed by atoms with E-state index >= 15 is 0 Å². The van der Waals surface area contributed by atoms with Gasteiger partial charge in [-0.25, -0.2) is 4.98 Å². The molecule has 3 rings (SSSR count). The van der Waals surface area contributed by atoms with E-state index in [0.717, 1.165) is 11.0 Å². The molecule has 0 atom stereocenters. The van der Waals surface area contributed by atoms with Crippen LogP contribution < -0.4 is 5.73 Å². The Bertz CT molecular complexity index is 736.